The van der Waals surface area contributed by atoms with Crippen LogP contribution in [0.1, 0.15) is 6.92 Å². The average molecular weight is 365 g/mol. The van der Waals surface area contributed by atoms with Crippen LogP contribution in [-0.4, -0.2) is 42.1 Å². The monoisotopic (exact) mass is 364 g/mol. The van der Waals surface area contributed by atoms with E-state index in [0.717, 1.165) is 6.54 Å². The summed E-state index contributed by atoms with van der Waals surface area (Å²) < 4.78 is 18.9. The Morgan fingerprint density at radius 1 is 1.36 bits per heavy atom. The molecule has 2 aliphatic heterocycles. The zero-order chi connectivity index (χ0) is 17.6. The van der Waals surface area contributed by atoms with Crippen LogP contribution in [0.3, 0.4) is 0 Å². The number of benzene rings is 1. The lowest BCUT2D eigenvalue weighted by molar-refractivity contribution is 0.0985. The first-order valence-electron chi connectivity index (χ1n) is 8.03. The number of aromatic nitrogens is 2. The number of nitrogens with one attached hydrogen (secondary N) is 1. The van der Waals surface area contributed by atoms with Crippen LogP contribution in [0.4, 0.5) is 27.5 Å². The normalized spacial score (nSPS) is 22.7. The molecule has 3 N–H and O–H groups in total. The molecule has 0 spiro atoms. The van der Waals surface area contributed by atoms with Crippen molar-refractivity contribution in [2.75, 3.05) is 34.9 Å². The molecule has 0 amide bonds. The average Bonchev–Trinajstić information content (AvgIpc) is 2.89. The van der Waals surface area contributed by atoms with Gasteiger partial charge in [0.25, 0.3) is 0 Å². The second-order valence-electron chi connectivity index (χ2n) is 6.09. The van der Waals surface area contributed by atoms with Gasteiger partial charge in [-0.2, -0.15) is 4.98 Å². The van der Waals surface area contributed by atoms with E-state index in [4.69, 9.17) is 22.1 Å². The fourth-order valence-corrected chi connectivity index (χ4v) is 3.33. The van der Waals surface area contributed by atoms with Gasteiger partial charge in [0, 0.05) is 12.6 Å². The van der Waals surface area contributed by atoms with Gasteiger partial charge in [0.2, 0.25) is 5.95 Å². The molecule has 1 unspecified atom stereocenters. The largest absolute Gasteiger partial charge is 0.377 e. The third-order valence-corrected chi connectivity index (χ3v) is 4.54. The number of nitrogens with zero attached hydrogens (tertiary/aromatic N) is 4. The maximum absolute atomic E-state index is 13.5. The van der Waals surface area contributed by atoms with Gasteiger partial charge < -0.3 is 15.0 Å². The molecule has 132 valence electrons. The highest BCUT2D eigenvalue weighted by Crippen LogP contribution is 2.38. The Kier molecular flexibility index (Phi) is 4.10. The van der Waals surface area contributed by atoms with Gasteiger partial charge in [-0.1, -0.05) is 11.6 Å². The van der Waals surface area contributed by atoms with Gasteiger partial charge in [-0.3, -0.25) is 10.6 Å². The fourth-order valence-electron chi connectivity index (χ4n) is 3.16. The van der Waals surface area contributed by atoms with E-state index < -0.39 is 6.29 Å². The molecular weight excluding hydrogens is 347 g/mol. The molecule has 1 saturated heterocycles. The lowest BCUT2D eigenvalue weighted by Gasteiger charge is -2.34. The van der Waals surface area contributed by atoms with Crippen molar-refractivity contribution in [3.8, 4) is 0 Å². The highest BCUT2D eigenvalue weighted by Gasteiger charge is 2.31. The minimum absolute atomic E-state index is 0.180. The van der Waals surface area contributed by atoms with Crippen molar-refractivity contribution in [1.82, 2.24) is 9.97 Å². The van der Waals surface area contributed by atoms with E-state index >= 15 is 0 Å². The number of halogens is 2. The summed E-state index contributed by atoms with van der Waals surface area (Å²) in [6.07, 6.45) is -0.606. The Bertz CT molecular complexity index is 806. The van der Waals surface area contributed by atoms with Crippen molar-refractivity contribution in [3.63, 3.8) is 0 Å². The Morgan fingerprint density at radius 2 is 2.20 bits per heavy atom. The predicted molar refractivity (Wildman–Crippen MR) is 94.8 cm³/mol. The van der Waals surface area contributed by atoms with Crippen LogP contribution in [0.25, 0.3) is 0 Å². The minimum atomic E-state index is -0.606. The van der Waals surface area contributed by atoms with Gasteiger partial charge in [-0.25, -0.2) is 9.37 Å². The van der Waals surface area contributed by atoms with Gasteiger partial charge in [0.15, 0.2) is 6.29 Å². The van der Waals surface area contributed by atoms with Crippen LogP contribution in [0, 0.1) is 5.82 Å². The molecule has 25 heavy (non-hydrogen) atoms. The first-order valence-corrected chi connectivity index (χ1v) is 8.40. The number of fused-ring (bicyclic) bond motifs is 1. The molecule has 2 atom stereocenters. The molecule has 2 aliphatic rings. The molecule has 1 aromatic heterocycles. The van der Waals surface area contributed by atoms with E-state index in [9.17, 15) is 4.39 Å². The van der Waals surface area contributed by atoms with Crippen LogP contribution < -0.4 is 20.9 Å². The lowest BCUT2D eigenvalue weighted by atomic mass is 10.2. The van der Waals surface area contributed by atoms with E-state index in [1.165, 1.54) is 12.1 Å². The van der Waals surface area contributed by atoms with Gasteiger partial charge in [0.05, 0.1) is 30.6 Å². The van der Waals surface area contributed by atoms with Gasteiger partial charge in [-0.05, 0) is 25.1 Å². The Hall–Kier alpha value is -2.16. The van der Waals surface area contributed by atoms with Crippen molar-refractivity contribution in [2.24, 2.45) is 5.73 Å². The summed E-state index contributed by atoms with van der Waals surface area (Å²) in [5.74, 6) is 0.746. The van der Waals surface area contributed by atoms with E-state index in [2.05, 4.69) is 27.1 Å². The molecule has 1 aromatic carbocycles. The van der Waals surface area contributed by atoms with Crippen LogP contribution in [-0.2, 0) is 4.74 Å². The maximum Gasteiger partial charge on any atom is 0.236 e. The lowest BCUT2D eigenvalue weighted by Crippen LogP contribution is -2.45. The first kappa shape index (κ1) is 16.3. The molecule has 2 aromatic rings. The summed E-state index contributed by atoms with van der Waals surface area (Å²) in [6.45, 7) is 4.05. The van der Waals surface area contributed by atoms with Crippen LogP contribution >= 0.6 is 11.6 Å². The van der Waals surface area contributed by atoms with Crippen molar-refractivity contribution >= 4 is 34.7 Å². The summed E-state index contributed by atoms with van der Waals surface area (Å²) in [7, 11) is 0. The number of hydrogen-bond donors (Lipinski definition) is 2. The molecule has 3 heterocycles. The fraction of sp³-hybridized carbons (Fsp3) is 0.375. The first-order chi connectivity index (χ1) is 12.0. The third kappa shape index (κ3) is 2.97. The Labute approximate surface area is 149 Å². The minimum Gasteiger partial charge on any atom is -0.377 e. The van der Waals surface area contributed by atoms with Gasteiger partial charge >= 0.3 is 0 Å². The standard InChI is InChI=1S/C16H18ClFN6O/c1-9-8-25-5-4-23(9)14-7-13(17)21-16(22-14)24-12-3-2-10(18)6-11(12)20-15(24)19/h2-3,6-7,9,15,20H,4-5,8,19H2,1H3/t9-,15?/m1/s1. The van der Waals surface area contributed by atoms with Gasteiger partial charge in [0.1, 0.15) is 16.8 Å². The second-order valence-corrected chi connectivity index (χ2v) is 6.47. The zero-order valence-electron chi connectivity index (χ0n) is 13.6. The molecule has 9 heteroatoms. The molecule has 4 rings (SSSR count). The van der Waals surface area contributed by atoms with E-state index in [-0.39, 0.29) is 11.9 Å². The van der Waals surface area contributed by atoms with Crippen molar-refractivity contribution in [2.45, 2.75) is 19.3 Å². The van der Waals surface area contributed by atoms with Crippen molar-refractivity contribution in [1.29, 1.82) is 0 Å². The number of hydrogen-bond acceptors (Lipinski definition) is 7. The molecular formula is C16H18ClFN6O. The maximum atomic E-state index is 13.5. The van der Waals surface area contributed by atoms with Crippen molar-refractivity contribution in [3.05, 3.63) is 35.2 Å². The highest BCUT2D eigenvalue weighted by molar-refractivity contribution is 6.29. The van der Waals surface area contributed by atoms with E-state index in [1.54, 1.807) is 17.0 Å². The predicted octanol–water partition coefficient (Wildman–Crippen LogP) is 2.30. The number of anilines is 4. The summed E-state index contributed by atoms with van der Waals surface area (Å²) in [5.41, 5.74) is 7.45. The molecule has 0 saturated carbocycles. The second kappa shape index (κ2) is 6.29. The Balaban J connectivity index is 1.74. The summed E-state index contributed by atoms with van der Waals surface area (Å²) >= 11 is 6.24. The van der Waals surface area contributed by atoms with E-state index in [0.29, 0.717) is 41.5 Å². The molecule has 0 radical (unpaired) electrons. The van der Waals surface area contributed by atoms with Crippen LogP contribution in [0.15, 0.2) is 24.3 Å². The summed E-state index contributed by atoms with van der Waals surface area (Å²) in [4.78, 5) is 12.8. The zero-order valence-corrected chi connectivity index (χ0v) is 14.4. The van der Waals surface area contributed by atoms with Crippen LogP contribution in [0.2, 0.25) is 5.15 Å². The summed E-state index contributed by atoms with van der Waals surface area (Å²) in [5, 5.41) is 3.34. The van der Waals surface area contributed by atoms with Crippen LogP contribution in [0.5, 0.6) is 0 Å². The number of morpholine rings is 1. The van der Waals surface area contributed by atoms with Crippen molar-refractivity contribution < 1.29 is 9.13 Å². The molecule has 7 nitrogen and oxygen atoms in total. The Morgan fingerprint density at radius 3 is 3.00 bits per heavy atom. The molecule has 0 bridgehead atoms. The smallest absolute Gasteiger partial charge is 0.236 e. The molecule has 1 fully saturated rings. The number of ether oxygens (including phenoxy) is 1. The van der Waals surface area contributed by atoms with E-state index in [1.807, 2.05) is 0 Å². The number of rotatable bonds is 2. The third-order valence-electron chi connectivity index (χ3n) is 4.35. The SMILES string of the molecule is C[C@@H]1COCCN1c1cc(Cl)nc(N2c3ccc(F)cc3NC2N)n1. The topological polar surface area (TPSA) is 79.5 Å². The number of nitrogens with two attached hydrogens (primary N) is 1. The van der Waals surface area contributed by atoms with Gasteiger partial charge in [-0.15, -0.1) is 0 Å². The summed E-state index contributed by atoms with van der Waals surface area (Å²) in [6, 6.07) is 6.32. The molecule has 0 aliphatic carbocycles. The quantitative estimate of drug-likeness (QED) is 0.791. The highest BCUT2D eigenvalue weighted by atomic mass is 35.5.